The molecule has 0 fully saturated rings. The van der Waals surface area contributed by atoms with Gasteiger partial charge in [-0.25, -0.2) is 0 Å². The first-order chi connectivity index (χ1) is 8.33. The zero-order chi connectivity index (χ0) is 13.8. The molecular weight excluding hydrogens is 248 g/mol. The van der Waals surface area contributed by atoms with E-state index >= 15 is 0 Å². The number of hydrogen-bond donors (Lipinski definition) is 0. The quantitative estimate of drug-likeness (QED) is 0.248. The molecule has 3 heteroatoms. The van der Waals surface area contributed by atoms with Gasteiger partial charge in [0.15, 0.2) is 0 Å². The molecule has 0 aliphatic rings. The minimum absolute atomic E-state index is 1.12. The molecule has 0 aliphatic carbocycles. The Morgan fingerprint density at radius 2 is 1.12 bits per heavy atom. The molecule has 0 spiro atoms. The Morgan fingerprint density at radius 1 is 0.824 bits per heavy atom. The van der Waals surface area contributed by atoms with E-state index in [1.54, 1.807) is 0 Å². The van der Waals surface area contributed by atoms with Crippen LogP contribution in [0.2, 0.25) is 0 Å². The zero-order valence-corrected chi connectivity index (χ0v) is 13.1. The third-order valence-electron chi connectivity index (χ3n) is 2.35. The van der Waals surface area contributed by atoms with Crippen molar-refractivity contribution in [1.29, 1.82) is 0 Å². The van der Waals surface area contributed by atoms with Gasteiger partial charge in [-0.1, -0.05) is 64.7 Å². The van der Waals surface area contributed by atoms with Crippen molar-refractivity contribution in [3.8, 4) is 0 Å². The topological polar surface area (TPSA) is 34.1 Å². The molecule has 0 saturated heterocycles. The second kappa shape index (κ2) is 29.8. The van der Waals surface area contributed by atoms with Crippen LogP contribution in [0.3, 0.4) is 0 Å². The molecule has 0 amide bonds. The fraction of sp³-hybridized carbons (Fsp3) is 0.786. The maximum absolute atomic E-state index is 8.50. The van der Waals surface area contributed by atoms with Gasteiger partial charge in [-0.3, -0.25) is 0 Å². The summed E-state index contributed by atoms with van der Waals surface area (Å²) in [6.07, 6.45) is 13.9. The zero-order valence-electron chi connectivity index (χ0n) is 11.5. The van der Waals surface area contributed by atoms with Crippen molar-refractivity contribution in [2.75, 3.05) is 0 Å². The van der Waals surface area contributed by atoms with Crippen LogP contribution in [-0.4, -0.2) is 0 Å². The number of rotatable bonds is 9. The monoisotopic (exact) mass is 277 g/mol. The maximum atomic E-state index is 8.50. The van der Waals surface area contributed by atoms with E-state index < -0.39 is 19.1 Å². The van der Waals surface area contributed by atoms with E-state index in [0.29, 0.717) is 0 Å². The van der Waals surface area contributed by atoms with Crippen LogP contribution >= 0.6 is 0 Å². The SMILES string of the molecule is C=C.[CH2-]CCCCCCCCCCC.[O]=[Ti]=[O]. The second-order valence-electron chi connectivity index (χ2n) is 3.77. The van der Waals surface area contributed by atoms with Crippen molar-refractivity contribution in [2.24, 2.45) is 0 Å². The molecule has 0 N–H and O–H groups in total. The molecule has 0 unspecified atom stereocenters. The van der Waals surface area contributed by atoms with Gasteiger partial charge >= 0.3 is 25.7 Å². The normalized spacial score (nSPS) is 8.12. The molecule has 0 aliphatic heterocycles. The van der Waals surface area contributed by atoms with Crippen LogP contribution in [0.1, 0.15) is 71.1 Å². The van der Waals surface area contributed by atoms with Crippen molar-refractivity contribution >= 4 is 0 Å². The molecule has 0 radical (unpaired) electrons. The van der Waals surface area contributed by atoms with Gasteiger partial charge in [-0.2, -0.15) is 6.42 Å². The first-order valence-corrected chi connectivity index (χ1v) is 7.89. The van der Waals surface area contributed by atoms with Gasteiger partial charge in [0.05, 0.1) is 0 Å². The molecule has 0 bridgehead atoms. The molecular formula is C14H29O2Ti-. The minimum atomic E-state index is -2.00. The van der Waals surface area contributed by atoms with Gasteiger partial charge in [0.25, 0.3) is 0 Å². The van der Waals surface area contributed by atoms with Crippen molar-refractivity contribution in [3.63, 3.8) is 0 Å². The van der Waals surface area contributed by atoms with Crippen LogP contribution in [0.5, 0.6) is 0 Å². The average molecular weight is 277 g/mol. The van der Waals surface area contributed by atoms with Gasteiger partial charge < -0.3 is 6.92 Å². The molecule has 102 valence electrons. The molecule has 0 saturated carbocycles. The Kier molecular flexibility index (Phi) is 39.0. The van der Waals surface area contributed by atoms with Crippen LogP contribution < -0.4 is 0 Å². The second-order valence-corrected chi connectivity index (χ2v) is 4.03. The summed E-state index contributed by atoms with van der Waals surface area (Å²) in [5, 5.41) is 0. The Morgan fingerprint density at radius 3 is 1.41 bits per heavy atom. The molecule has 0 atom stereocenters. The molecule has 0 aromatic heterocycles. The van der Waals surface area contributed by atoms with Gasteiger partial charge in [-0.05, 0) is 0 Å². The van der Waals surface area contributed by atoms with E-state index in [-0.39, 0.29) is 0 Å². The molecule has 0 aromatic carbocycles. The van der Waals surface area contributed by atoms with Crippen molar-refractivity contribution in [3.05, 3.63) is 20.1 Å². The number of hydrogen-bond acceptors (Lipinski definition) is 2. The predicted octanol–water partition coefficient (Wildman–Crippen LogP) is 5.30. The standard InChI is InChI=1S/C12H25.C2H4.2O.Ti/c1-3-5-7-9-11-12-10-8-6-4-2;1-2;;;/h1,3-12H2,2H3;1-2H2;;;/q-1;;;;. The van der Waals surface area contributed by atoms with Gasteiger partial charge in [0.1, 0.15) is 0 Å². The van der Waals surface area contributed by atoms with E-state index in [2.05, 4.69) is 27.0 Å². The van der Waals surface area contributed by atoms with Crippen LogP contribution in [0.4, 0.5) is 0 Å². The average Bonchev–Trinajstić information content (AvgIpc) is 2.36. The summed E-state index contributed by atoms with van der Waals surface area (Å²) >= 11 is -2.00. The van der Waals surface area contributed by atoms with Crippen LogP contribution in [0.15, 0.2) is 13.2 Å². The summed E-state index contributed by atoms with van der Waals surface area (Å²) in [4.78, 5) is 0. The van der Waals surface area contributed by atoms with E-state index in [1.807, 2.05) is 0 Å². The predicted molar refractivity (Wildman–Crippen MR) is 69.8 cm³/mol. The Balaban J connectivity index is -0.000000337. The summed E-state index contributed by atoms with van der Waals surface area (Å²) < 4.78 is 17.0. The van der Waals surface area contributed by atoms with Crippen LogP contribution in [0.25, 0.3) is 0 Å². The van der Waals surface area contributed by atoms with Crippen molar-refractivity contribution < 1.29 is 25.7 Å². The Hall–Kier alpha value is 0.0543. The van der Waals surface area contributed by atoms with E-state index in [0.717, 1.165) is 6.42 Å². The van der Waals surface area contributed by atoms with Crippen molar-refractivity contribution in [1.82, 2.24) is 0 Å². The molecule has 0 heterocycles. The summed E-state index contributed by atoms with van der Waals surface area (Å²) in [6, 6.07) is 0. The van der Waals surface area contributed by atoms with Crippen molar-refractivity contribution in [2.45, 2.75) is 71.1 Å². The van der Waals surface area contributed by atoms with Gasteiger partial charge in [0, 0.05) is 0 Å². The van der Waals surface area contributed by atoms with Crippen LogP contribution in [-0.2, 0) is 25.7 Å². The summed E-state index contributed by atoms with van der Waals surface area (Å²) in [7, 11) is 0. The third-order valence-corrected chi connectivity index (χ3v) is 2.35. The molecule has 2 nitrogen and oxygen atoms in total. The fourth-order valence-corrected chi connectivity index (χ4v) is 1.49. The Bertz CT molecular complexity index is 133. The number of unbranched alkanes of at least 4 members (excludes halogenated alkanes) is 9. The van der Waals surface area contributed by atoms with E-state index in [4.69, 9.17) is 6.65 Å². The fourth-order valence-electron chi connectivity index (χ4n) is 1.49. The first-order valence-electron chi connectivity index (χ1n) is 6.62. The molecule has 0 aromatic rings. The van der Waals surface area contributed by atoms with E-state index in [9.17, 15) is 0 Å². The molecule has 0 rings (SSSR count). The summed E-state index contributed by atoms with van der Waals surface area (Å²) in [5.41, 5.74) is 0. The van der Waals surface area contributed by atoms with E-state index in [1.165, 1.54) is 57.8 Å². The third kappa shape index (κ3) is 38.7. The molecule has 17 heavy (non-hydrogen) atoms. The Labute approximate surface area is 117 Å². The van der Waals surface area contributed by atoms with Gasteiger partial charge in [0.2, 0.25) is 0 Å². The van der Waals surface area contributed by atoms with Crippen LogP contribution in [0, 0.1) is 6.92 Å². The van der Waals surface area contributed by atoms with Gasteiger partial charge in [-0.15, -0.1) is 13.2 Å². The first kappa shape index (κ1) is 22.3. The summed E-state index contributed by atoms with van der Waals surface area (Å²) in [5.74, 6) is 0. The summed E-state index contributed by atoms with van der Waals surface area (Å²) in [6.45, 7) is 12.1.